The monoisotopic (exact) mass is 232 g/mol. The van der Waals surface area contributed by atoms with Crippen molar-refractivity contribution in [2.45, 2.75) is 32.9 Å². The third kappa shape index (κ3) is 5.55. The van der Waals surface area contributed by atoms with Gasteiger partial charge in [-0.25, -0.2) is 4.79 Å². The lowest BCUT2D eigenvalue weighted by molar-refractivity contribution is -0.138. The molecule has 2 atom stereocenters. The van der Waals surface area contributed by atoms with Crippen LogP contribution in [0.3, 0.4) is 0 Å². The molecule has 0 aromatic carbocycles. The van der Waals surface area contributed by atoms with E-state index in [1.54, 1.807) is 7.11 Å². The number of rotatable bonds is 6. The number of carbonyl (C=O) groups excluding carboxylic acids is 1. The molecule has 6 heteroatoms. The molecule has 0 fully saturated rings. The smallest absolute Gasteiger partial charge is 0.325 e. The molecule has 0 spiro atoms. The van der Waals surface area contributed by atoms with Crippen molar-refractivity contribution in [3.8, 4) is 0 Å². The van der Waals surface area contributed by atoms with Crippen molar-refractivity contribution < 1.29 is 19.4 Å². The van der Waals surface area contributed by atoms with Crippen molar-refractivity contribution in [1.82, 2.24) is 10.6 Å². The molecule has 3 N–H and O–H groups in total. The molecular formula is C10H20N2O4. The van der Waals surface area contributed by atoms with Gasteiger partial charge < -0.3 is 20.5 Å². The maximum atomic E-state index is 11.4. The molecule has 6 nitrogen and oxygen atoms in total. The number of amides is 2. The molecule has 0 aliphatic carbocycles. The molecule has 0 heterocycles. The van der Waals surface area contributed by atoms with Gasteiger partial charge in [0.15, 0.2) is 0 Å². The summed E-state index contributed by atoms with van der Waals surface area (Å²) in [6.45, 7) is 5.70. The highest BCUT2D eigenvalue weighted by molar-refractivity contribution is 5.82. The van der Waals surface area contributed by atoms with Crippen LogP contribution in [0.4, 0.5) is 4.79 Å². The number of hydrogen-bond donors (Lipinski definition) is 3. The van der Waals surface area contributed by atoms with E-state index in [0.717, 1.165) is 0 Å². The molecule has 0 aromatic heterocycles. The maximum absolute atomic E-state index is 11.4. The Hall–Kier alpha value is -1.30. The average Bonchev–Trinajstić information content (AvgIpc) is 2.16. The molecule has 0 aliphatic rings. The number of urea groups is 1. The Kier molecular flexibility index (Phi) is 6.48. The van der Waals surface area contributed by atoms with Gasteiger partial charge >= 0.3 is 12.0 Å². The Labute approximate surface area is 95.4 Å². The van der Waals surface area contributed by atoms with E-state index >= 15 is 0 Å². The minimum Gasteiger partial charge on any atom is -0.480 e. The van der Waals surface area contributed by atoms with E-state index in [2.05, 4.69) is 10.6 Å². The van der Waals surface area contributed by atoms with E-state index in [1.807, 2.05) is 13.8 Å². The van der Waals surface area contributed by atoms with Gasteiger partial charge in [-0.05, 0) is 12.8 Å². The predicted molar refractivity (Wildman–Crippen MR) is 59.3 cm³/mol. The van der Waals surface area contributed by atoms with Crippen LogP contribution in [0.1, 0.15) is 20.8 Å². The quantitative estimate of drug-likeness (QED) is 0.619. The van der Waals surface area contributed by atoms with Crippen molar-refractivity contribution in [3.05, 3.63) is 0 Å². The molecule has 0 aliphatic heterocycles. The fraction of sp³-hybridized carbons (Fsp3) is 0.800. The summed E-state index contributed by atoms with van der Waals surface area (Å²) in [5.74, 6) is -0.853. The second-order valence-electron chi connectivity index (χ2n) is 3.98. The van der Waals surface area contributed by atoms with Crippen LogP contribution < -0.4 is 10.6 Å². The van der Waals surface area contributed by atoms with E-state index in [0.29, 0.717) is 6.61 Å². The fourth-order valence-corrected chi connectivity index (χ4v) is 1.05. The van der Waals surface area contributed by atoms with Gasteiger partial charge in [0, 0.05) is 7.11 Å². The molecule has 0 rings (SSSR count). The number of ether oxygens (including phenoxy) is 1. The Bertz CT molecular complexity index is 243. The first-order valence-corrected chi connectivity index (χ1v) is 5.17. The Morgan fingerprint density at radius 3 is 2.19 bits per heavy atom. The second-order valence-corrected chi connectivity index (χ2v) is 3.98. The minimum atomic E-state index is -1.07. The third-order valence-electron chi connectivity index (χ3n) is 2.19. The van der Waals surface area contributed by atoms with Crippen molar-refractivity contribution >= 4 is 12.0 Å². The van der Waals surface area contributed by atoms with E-state index < -0.39 is 18.0 Å². The molecule has 94 valence electrons. The topological polar surface area (TPSA) is 87.7 Å². The highest BCUT2D eigenvalue weighted by atomic mass is 16.5. The second kappa shape index (κ2) is 7.05. The molecular weight excluding hydrogens is 212 g/mol. The van der Waals surface area contributed by atoms with Crippen molar-refractivity contribution in [1.29, 1.82) is 0 Å². The molecule has 16 heavy (non-hydrogen) atoms. The molecule has 0 bridgehead atoms. The molecule has 1 unspecified atom stereocenters. The number of carbonyl (C=O) groups is 2. The largest absolute Gasteiger partial charge is 0.480 e. The summed E-state index contributed by atoms with van der Waals surface area (Å²) in [7, 11) is 1.55. The van der Waals surface area contributed by atoms with E-state index in [1.165, 1.54) is 6.92 Å². The minimum absolute atomic E-state index is 0.133. The van der Waals surface area contributed by atoms with Crippen LogP contribution in [-0.2, 0) is 9.53 Å². The summed E-state index contributed by atoms with van der Waals surface area (Å²) >= 11 is 0. The standard InChI is InChI=1S/C10H20N2O4/c1-6(2)8(5-16-4)12-10(15)11-7(3)9(13)14/h6-8H,5H2,1-4H3,(H,13,14)(H2,11,12,15)/t7-,8?/m0/s1. The van der Waals surface area contributed by atoms with Crippen LogP contribution in [0.2, 0.25) is 0 Å². The molecule has 0 saturated carbocycles. The average molecular weight is 232 g/mol. The maximum Gasteiger partial charge on any atom is 0.325 e. The van der Waals surface area contributed by atoms with Crippen LogP contribution >= 0.6 is 0 Å². The Morgan fingerprint density at radius 2 is 1.81 bits per heavy atom. The Balaban J connectivity index is 4.14. The lowest BCUT2D eigenvalue weighted by atomic mass is 10.1. The molecule has 2 amide bonds. The van der Waals surface area contributed by atoms with E-state index in [4.69, 9.17) is 9.84 Å². The van der Waals surface area contributed by atoms with Gasteiger partial charge in [-0.2, -0.15) is 0 Å². The van der Waals surface area contributed by atoms with E-state index in [-0.39, 0.29) is 12.0 Å². The van der Waals surface area contributed by atoms with Gasteiger partial charge in [0.05, 0.1) is 12.6 Å². The van der Waals surface area contributed by atoms with Crippen LogP contribution in [0.25, 0.3) is 0 Å². The third-order valence-corrected chi connectivity index (χ3v) is 2.19. The summed E-state index contributed by atoms with van der Waals surface area (Å²) in [5, 5.41) is 13.6. The summed E-state index contributed by atoms with van der Waals surface area (Å²) in [5.41, 5.74) is 0. The molecule has 0 aromatic rings. The summed E-state index contributed by atoms with van der Waals surface area (Å²) in [4.78, 5) is 21.9. The highest BCUT2D eigenvalue weighted by Gasteiger charge is 2.19. The molecule has 0 saturated heterocycles. The predicted octanol–water partition coefficient (Wildman–Crippen LogP) is 0.430. The van der Waals surface area contributed by atoms with Gasteiger partial charge in [0.1, 0.15) is 6.04 Å². The first-order chi connectivity index (χ1) is 7.38. The first-order valence-electron chi connectivity index (χ1n) is 5.17. The van der Waals surface area contributed by atoms with Gasteiger partial charge in [-0.3, -0.25) is 4.79 Å². The van der Waals surface area contributed by atoms with Crippen LogP contribution in [-0.4, -0.2) is 42.9 Å². The number of carboxylic acids is 1. The lowest BCUT2D eigenvalue weighted by Gasteiger charge is -2.22. The zero-order valence-corrected chi connectivity index (χ0v) is 10.1. The summed E-state index contributed by atoms with van der Waals surface area (Å²) < 4.78 is 4.96. The fourth-order valence-electron chi connectivity index (χ4n) is 1.05. The van der Waals surface area contributed by atoms with Crippen molar-refractivity contribution in [2.75, 3.05) is 13.7 Å². The highest BCUT2D eigenvalue weighted by Crippen LogP contribution is 2.01. The number of hydrogen-bond acceptors (Lipinski definition) is 3. The zero-order valence-electron chi connectivity index (χ0n) is 10.1. The van der Waals surface area contributed by atoms with Crippen LogP contribution in [0.5, 0.6) is 0 Å². The number of nitrogens with one attached hydrogen (secondary N) is 2. The SMILES string of the molecule is COCC(NC(=O)N[C@@H](C)C(=O)O)C(C)C. The first kappa shape index (κ1) is 14.7. The normalized spacial score (nSPS) is 14.3. The number of carboxylic acid groups (broad SMARTS) is 1. The van der Waals surface area contributed by atoms with Gasteiger partial charge in [0.25, 0.3) is 0 Å². The summed E-state index contributed by atoms with van der Waals surface area (Å²) in [6, 6.07) is -1.54. The lowest BCUT2D eigenvalue weighted by Crippen LogP contribution is -2.50. The van der Waals surface area contributed by atoms with E-state index in [9.17, 15) is 9.59 Å². The molecule has 0 radical (unpaired) electrons. The van der Waals surface area contributed by atoms with Gasteiger partial charge in [-0.1, -0.05) is 13.8 Å². The van der Waals surface area contributed by atoms with Gasteiger partial charge in [-0.15, -0.1) is 0 Å². The Morgan fingerprint density at radius 1 is 1.25 bits per heavy atom. The van der Waals surface area contributed by atoms with Crippen LogP contribution in [0.15, 0.2) is 0 Å². The number of aliphatic carboxylic acids is 1. The van der Waals surface area contributed by atoms with Crippen molar-refractivity contribution in [2.24, 2.45) is 5.92 Å². The number of methoxy groups -OCH3 is 1. The van der Waals surface area contributed by atoms with Gasteiger partial charge in [0.2, 0.25) is 0 Å². The van der Waals surface area contributed by atoms with Crippen molar-refractivity contribution in [3.63, 3.8) is 0 Å². The van der Waals surface area contributed by atoms with Crippen LogP contribution in [0, 0.1) is 5.92 Å². The summed E-state index contributed by atoms with van der Waals surface area (Å²) in [6.07, 6.45) is 0. The zero-order chi connectivity index (χ0) is 12.7.